The zero-order valence-corrected chi connectivity index (χ0v) is 20.2. The van der Waals surface area contributed by atoms with Gasteiger partial charge >= 0.3 is 0 Å². The third kappa shape index (κ3) is 6.57. The van der Waals surface area contributed by atoms with Crippen molar-refractivity contribution in [3.05, 3.63) is 46.9 Å². The zero-order valence-electron chi connectivity index (χ0n) is 18.7. The summed E-state index contributed by atoms with van der Waals surface area (Å²) in [4.78, 5) is 22.5. The summed E-state index contributed by atoms with van der Waals surface area (Å²) in [6, 6.07) is 5.37. The van der Waals surface area contributed by atoms with Gasteiger partial charge in [-0.05, 0) is 30.0 Å². The van der Waals surface area contributed by atoms with Gasteiger partial charge in [-0.25, -0.2) is 4.98 Å². The predicted molar refractivity (Wildman–Crippen MR) is 125 cm³/mol. The molecule has 9 heteroatoms. The summed E-state index contributed by atoms with van der Waals surface area (Å²) in [5.41, 5.74) is 1.52. The average Bonchev–Trinajstić information content (AvgIpc) is 3.30. The van der Waals surface area contributed by atoms with E-state index in [1.54, 1.807) is 45.0 Å². The van der Waals surface area contributed by atoms with Crippen molar-refractivity contribution < 1.29 is 18.5 Å². The Bertz CT molecular complexity index is 931. The maximum Gasteiger partial charge on any atom is 0.233 e. The second kappa shape index (κ2) is 11.8. The third-order valence-electron chi connectivity index (χ3n) is 5.89. The van der Waals surface area contributed by atoms with Crippen LogP contribution >= 0.6 is 11.6 Å². The highest BCUT2D eigenvalue weighted by atomic mass is 35.5. The minimum absolute atomic E-state index is 0.146. The third-order valence-corrected chi connectivity index (χ3v) is 7.29. The number of nitrogens with one attached hydrogen (secondary N) is 1. The molecule has 1 amide bonds. The molecule has 1 saturated carbocycles. The maximum absolute atomic E-state index is 13.3. The second-order valence-electron chi connectivity index (χ2n) is 8.07. The van der Waals surface area contributed by atoms with Crippen molar-refractivity contribution in [1.29, 1.82) is 0 Å². The minimum atomic E-state index is -1.19. The first-order chi connectivity index (χ1) is 15.4. The molecule has 2 unspecified atom stereocenters. The van der Waals surface area contributed by atoms with Crippen LogP contribution in [0.1, 0.15) is 49.3 Å². The van der Waals surface area contributed by atoms with Crippen LogP contribution < -0.4 is 5.32 Å². The molecule has 0 saturated heterocycles. The lowest BCUT2D eigenvalue weighted by Crippen LogP contribution is -2.24. The molecule has 0 radical (unpaired) electrons. The van der Waals surface area contributed by atoms with Gasteiger partial charge in [0.1, 0.15) is 0 Å². The van der Waals surface area contributed by atoms with Gasteiger partial charge in [0.05, 0.1) is 44.7 Å². The van der Waals surface area contributed by atoms with Gasteiger partial charge in [-0.3, -0.25) is 14.0 Å². The number of hydrogen-bond donors (Lipinski definition) is 1. The molecule has 1 aliphatic rings. The fraction of sp³-hybridized carbons (Fsp3) is 0.522. The average molecular weight is 480 g/mol. The minimum Gasteiger partial charge on any atom is -0.356 e. The topological polar surface area (TPSA) is 90.4 Å². The maximum atomic E-state index is 13.3. The highest BCUT2D eigenvalue weighted by Gasteiger charge is 2.28. The number of ether oxygens (including phenoxy) is 2. The van der Waals surface area contributed by atoms with Crippen molar-refractivity contribution in [2.45, 2.75) is 55.6 Å². The van der Waals surface area contributed by atoms with Gasteiger partial charge in [0.2, 0.25) is 5.91 Å². The molecule has 1 N–H and O–H groups in total. The van der Waals surface area contributed by atoms with E-state index in [-0.39, 0.29) is 11.8 Å². The lowest BCUT2D eigenvalue weighted by atomic mass is 9.87. The first-order valence-electron chi connectivity index (χ1n) is 10.7. The Kier molecular flexibility index (Phi) is 9.16. The first kappa shape index (κ1) is 24.8. The summed E-state index contributed by atoms with van der Waals surface area (Å²) in [5.74, 6) is 0.367. The Morgan fingerprint density at radius 3 is 2.50 bits per heavy atom. The number of rotatable bonds is 10. The number of aromatic nitrogens is 2. The van der Waals surface area contributed by atoms with Crippen LogP contribution in [0.4, 0.5) is 5.82 Å². The van der Waals surface area contributed by atoms with Gasteiger partial charge in [-0.2, -0.15) is 0 Å². The molecule has 1 fully saturated rings. The van der Waals surface area contributed by atoms with E-state index in [9.17, 15) is 9.00 Å². The van der Waals surface area contributed by atoms with Crippen LogP contribution in [0.15, 0.2) is 35.5 Å². The molecule has 1 aromatic heterocycles. The van der Waals surface area contributed by atoms with E-state index in [0.29, 0.717) is 33.8 Å². The normalized spacial score (nSPS) is 16.3. The molecule has 0 spiro atoms. The molecule has 3 rings (SSSR count). The van der Waals surface area contributed by atoms with Crippen LogP contribution in [-0.2, 0) is 31.5 Å². The van der Waals surface area contributed by atoms with Gasteiger partial charge in [-0.15, -0.1) is 0 Å². The second-order valence-corrected chi connectivity index (χ2v) is 9.83. The van der Waals surface area contributed by atoms with Gasteiger partial charge in [0.15, 0.2) is 12.1 Å². The number of hydrogen-bond acceptors (Lipinski definition) is 6. The van der Waals surface area contributed by atoms with E-state index in [1.807, 2.05) is 6.07 Å². The molecule has 1 aliphatic carbocycles. The number of carbonyl (C=O) groups excluding carboxylic acids is 1. The van der Waals surface area contributed by atoms with Crippen molar-refractivity contribution in [2.24, 2.45) is 5.92 Å². The van der Waals surface area contributed by atoms with Gasteiger partial charge in [0.25, 0.3) is 0 Å². The Hall–Kier alpha value is -1.87. The summed E-state index contributed by atoms with van der Waals surface area (Å²) in [6.07, 6.45) is 10.2. The van der Waals surface area contributed by atoms with Crippen molar-refractivity contribution in [1.82, 2.24) is 9.97 Å². The summed E-state index contributed by atoms with van der Waals surface area (Å²) >= 11 is 6.37. The van der Waals surface area contributed by atoms with Crippen molar-refractivity contribution in [3.63, 3.8) is 0 Å². The first-order valence-corrected chi connectivity index (χ1v) is 12.6. The molecule has 1 aromatic carbocycles. The van der Waals surface area contributed by atoms with Crippen LogP contribution in [0.5, 0.6) is 0 Å². The lowest BCUT2D eigenvalue weighted by molar-refractivity contribution is -0.118. The van der Waals surface area contributed by atoms with E-state index in [2.05, 4.69) is 15.3 Å². The molecular formula is C23H30ClN3O4S. The fourth-order valence-electron chi connectivity index (χ4n) is 4.11. The number of benzene rings is 1. The molecule has 174 valence electrons. The highest BCUT2D eigenvalue weighted by Crippen LogP contribution is 2.36. The Labute approximate surface area is 196 Å². The number of carbonyl (C=O) groups is 1. The van der Waals surface area contributed by atoms with E-state index < -0.39 is 17.1 Å². The Balaban J connectivity index is 1.76. The van der Waals surface area contributed by atoms with Crippen LogP contribution in [0.25, 0.3) is 0 Å². The van der Waals surface area contributed by atoms with Gasteiger partial charge in [-0.1, -0.05) is 43.4 Å². The molecule has 7 nitrogen and oxygen atoms in total. The number of nitrogens with zero attached hydrogens (tertiary/aromatic N) is 2. The molecule has 2 atom stereocenters. The quantitative estimate of drug-likeness (QED) is 0.510. The van der Waals surface area contributed by atoms with Crippen LogP contribution in [0, 0.1) is 5.92 Å². The Morgan fingerprint density at radius 1 is 1.22 bits per heavy atom. The predicted octanol–water partition coefficient (Wildman–Crippen LogP) is 4.33. The van der Waals surface area contributed by atoms with Gasteiger partial charge < -0.3 is 14.8 Å². The van der Waals surface area contributed by atoms with Crippen molar-refractivity contribution in [3.8, 4) is 0 Å². The molecule has 32 heavy (non-hydrogen) atoms. The Morgan fingerprint density at radius 2 is 1.94 bits per heavy atom. The molecule has 1 heterocycles. The van der Waals surface area contributed by atoms with E-state index in [0.717, 1.165) is 24.8 Å². The molecule has 2 aromatic rings. The van der Waals surface area contributed by atoms with Gasteiger partial charge in [0, 0.05) is 26.9 Å². The number of halogens is 1. The summed E-state index contributed by atoms with van der Waals surface area (Å²) in [5, 5.41) is 3.32. The smallest absolute Gasteiger partial charge is 0.233 e. The molecular weight excluding hydrogens is 450 g/mol. The SMILES string of the molecule is COC(Cc1cnc(NC(=O)C(CC2CCCC2)c2ccc(S(C)=O)c(Cl)c2)cn1)OC. The van der Waals surface area contributed by atoms with E-state index in [1.165, 1.54) is 12.8 Å². The van der Waals surface area contributed by atoms with Crippen molar-refractivity contribution in [2.75, 3.05) is 25.8 Å². The van der Waals surface area contributed by atoms with Crippen molar-refractivity contribution >= 4 is 34.1 Å². The summed E-state index contributed by atoms with van der Waals surface area (Å²) < 4.78 is 22.2. The molecule has 0 aliphatic heterocycles. The van der Waals surface area contributed by atoms with Crippen LogP contribution in [0.2, 0.25) is 5.02 Å². The van der Waals surface area contributed by atoms with E-state index in [4.69, 9.17) is 21.1 Å². The number of amides is 1. The fourth-order valence-corrected chi connectivity index (χ4v) is 5.22. The van der Waals surface area contributed by atoms with Crippen LogP contribution in [0.3, 0.4) is 0 Å². The summed E-state index contributed by atoms with van der Waals surface area (Å²) in [7, 11) is 1.95. The zero-order chi connectivity index (χ0) is 23.1. The number of methoxy groups -OCH3 is 2. The largest absolute Gasteiger partial charge is 0.356 e. The lowest BCUT2D eigenvalue weighted by Gasteiger charge is -2.21. The van der Waals surface area contributed by atoms with E-state index >= 15 is 0 Å². The molecule has 0 bridgehead atoms. The standard InChI is InChI=1S/C23H30ClN3O4S/c1-30-22(31-2)12-17-13-26-21(14-25-17)27-23(28)18(10-15-6-4-5-7-15)16-8-9-20(32(3)29)19(24)11-16/h8-9,11,13-15,18,22H,4-7,10,12H2,1-3H3,(H,26,27,28). The monoisotopic (exact) mass is 479 g/mol. The van der Waals surface area contributed by atoms with Crippen LogP contribution in [-0.4, -0.2) is 46.8 Å². The number of anilines is 1. The highest BCUT2D eigenvalue weighted by molar-refractivity contribution is 7.84. The summed E-state index contributed by atoms with van der Waals surface area (Å²) in [6.45, 7) is 0.